The molecule has 1 fully saturated rings. The predicted molar refractivity (Wildman–Crippen MR) is 54.1 cm³/mol. The van der Waals surface area contributed by atoms with E-state index in [1.54, 1.807) is 0 Å². The zero-order valence-corrected chi connectivity index (χ0v) is 11.5. The molecule has 1 N–H and O–H groups in total. The van der Waals surface area contributed by atoms with Crippen LogP contribution >= 0.6 is 0 Å². The van der Waals surface area contributed by atoms with Gasteiger partial charge in [0, 0.05) is 0 Å². The quantitative estimate of drug-likeness (QED) is 0.731. The molecular weight excluding hydrogens is 357 g/mol. The molecular formula is C11H11F11O. The highest BCUT2D eigenvalue weighted by atomic mass is 19.4. The number of rotatable bonds is 3. The molecule has 0 unspecified atom stereocenters. The van der Waals surface area contributed by atoms with Crippen LogP contribution in [-0.2, 0) is 0 Å². The molecule has 1 rings (SSSR count). The second-order valence-corrected chi connectivity index (χ2v) is 5.99. The summed E-state index contributed by atoms with van der Waals surface area (Å²) < 4.78 is 146. The first kappa shape index (κ1) is 20.2. The van der Waals surface area contributed by atoms with Gasteiger partial charge in [0.25, 0.3) is 0 Å². The molecule has 1 aliphatic carbocycles. The van der Waals surface area contributed by atoms with Gasteiger partial charge < -0.3 is 5.11 Å². The molecule has 0 amide bonds. The maximum Gasteiger partial charge on any atom is 0.384 e. The van der Waals surface area contributed by atoms with Crippen molar-refractivity contribution < 1.29 is 53.4 Å². The lowest BCUT2D eigenvalue weighted by atomic mass is 9.69. The first-order chi connectivity index (χ1) is 9.71. The van der Waals surface area contributed by atoms with Gasteiger partial charge in [-0.1, -0.05) is 0 Å². The van der Waals surface area contributed by atoms with Gasteiger partial charge in [-0.05, 0) is 26.7 Å². The van der Waals surface area contributed by atoms with Crippen molar-refractivity contribution in [3.05, 3.63) is 0 Å². The normalized spacial score (nSPS) is 30.0. The van der Waals surface area contributed by atoms with Gasteiger partial charge in [-0.15, -0.1) is 0 Å². The standard InChI is InChI=1S/C11H11F11O/c1-5(2,23)3-4-6(12)7(13,14)9(17,18)11(21,22)10(19,20)8(6,15)16/h23H,3-4H2,1-2H3. The summed E-state index contributed by atoms with van der Waals surface area (Å²) in [4.78, 5) is 0. The molecule has 0 aliphatic heterocycles. The molecule has 0 heterocycles. The summed E-state index contributed by atoms with van der Waals surface area (Å²) >= 11 is 0. The van der Waals surface area contributed by atoms with Crippen molar-refractivity contribution in [2.75, 3.05) is 0 Å². The summed E-state index contributed by atoms with van der Waals surface area (Å²) in [6.07, 6.45) is -3.80. The van der Waals surface area contributed by atoms with E-state index in [9.17, 15) is 53.4 Å². The number of aliphatic hydroxyl groups is 1. The third kappa shape index (κ3) is 2.15. The molecule has 0 aromatic heterocycles. The van der Waals surface area contributed by atoms with E-state index in [1.165, 1.54) is 0 Å². The van der Waals surface area contributed by atoms with E-state index in [0.717, 1.165) is 13.8 Å². The Kier molecular flexibility index (Phi) is 4.07. The Bertz CT molecular complexity index is 447. The van der Waals surface area contributed by atoms with Crippen LogP contribution in [0.25, 0.3) is 0 Å². The van der Waals surface area contributed by atoms with Crippen LogP contribution in [0.4, 0.5) is 48.3 Å². The van der Waals surface area contributed by atoms with Crippen molar-refractivity contribution in [3.63, 3.8) is 0 Å². The number of hydrogen-bond donors (Lipinski definition) is 1. The lowest BCUT2D eigenvalue weighted by molar-refractivity contribution is -0.486. The van der Waals surface area contributed by atoms with E-state index < -0.39 is 53.7 Å². The minimum absolute atomic E-state index is 0.764. The molecule has 1 nitrogen and oxygen atoms in total. The molecule has 0 atom stereocenters. The molecule has 12 heteroatoms. The molecule has 1 aliphatic rings. The molecule has 0 bridgehead atoms. The van der Waals surface area contributed by atoms with Crippen molar-refractivity contribution in [2.24, 2.45) is 0 Å². The molecule has 23 heavy (non-hydrogen) atoms. The lowest BCUT2D eigenvalue weighted by Gasteiger charge is -2.52. The Hall–Kier alpha value is -0.810. The van der Waals surface area contributed by atoms with Crippen LogP contribution in [-0.4, -0.2) is 46.0 Å². The second kappa shape index (κ2) is 4.63. The van der Waals surface area contributed by atoms with Gasteiger partial charge >= 0.3 is 29.6 Å². The minimum atomic E-state index is -7.20. The number of hydrogen-bond acceptors (Lipinski definition) is 1. The van der Waals surface area contributed by atoms with Crippen molar-refractivity contribution in [2.45, 2.75) is 67.6 Å². The van der Waals surface area contributed by atoms with E-state index in [2.05, 4.69) is 0 Å². The fraction of sp³-hybridized carbons (Fsp3) is 1.00. The van der Waals surface area contributed by atoms with Crippen LogP contribution < -0.4 is 0 Å². The molecule has 0 radical (unpaired) electrons. The van der Waals surface area contributed by atoms with Crippen molar-refractivity contribution >= 4 is 0 Å². The largest absolute Gasteiger partial charge is 0.390 e. The van der Waals surface area contributed by atoms with Gasteiger partial charge in [0.1, 0.15) is 0 Å². The van der Waals surface area contributed by atoms with Gasteiger partial charge in [-0.2, -0.15) is 43.9 Å². The summed E-state index contributed by atoms with van der Waals surface area (Å²) in [5.41, 5.74) is -8.19. The van der Waals surface area contributed by atoms with Crippen LogP contribution in [0.1, 0.15) is 26.7 Å². The van der Waals surface area contributed by atoms with E-state index in [0.29, 0.717) is 0 Å². The summed E-state index contributed by atoms with van der Waals surface area (Å²) in [7, 11) is 0. The van der Waals surface area contributed by atoms with E-state index in [1.807, 2.05) is 0 Å². The zero-order valence-electron chi connectivity index (χ0n) is 11.5. The molecule has 1 saturated carbocycles. The summed E-state index contributed by atoms with van der Waals surface area (Å²) in [5, 5.41) is 9.19. The summed E-state index contributed by atoms with van der Waals surface area (Å²) in [5.74, 6) is -35.0. The fourth-order valence-electron chi connectivity index (χ4n) is 2.08. The molecule has 0 spiro atoms. The Balaban J connectivity index is 3.61. The van der Waals surface area contributed by atoms with Crippen LogP contribution in [0.2, 0.25) is 0 Å². The molecule has 138 valence electrons. The van der Waals surface area contributed by atoms with Gasteiger partial charge in [-0.25, -0.2) is 4.39 Å². The third-order valence-corrected chi connectivity index (χ3v) is 3.65. The van der Waals surface area contributed by atoms with Gasteiger partial charge in [0.05, 0.1) is 5.60 Å². The zero-order chi connectivity index (χ0) is 18.9. The van der Waals surface area contributed by atoms with Crippen molar-refractivity contribution in [3.8, 4) is 0 Å². The van der Waals surface area contributed by atoms with Gasteiger partial charge in [-0.3, -0.25) is 0 Å². The second-order valence-electron chi connectivity index (χ2n) is 5.99. The SMILES string of the molecule is CC(C)(O)CCC1(F)C(F)(F)C(F)(F)C(F)(F)C(F)(F)C1(F)F. The Labute approximate surface area is 122 Å². The van der Waals surface area contributed by atoms with Crippen LogP contribution in [0.15, 0.2) is 0 Å². The molecule has 0 aromatic rings. The Morgan fingerprint density at radius 1 is 0.609 bits per heavy atom. The number of alkyl halides is 11. The summed E-state index contributed by atoms with van der Waals surface area (Å²) in [6, 6.07) is 0. The molecule has 0 aromatic carbocycles. The van der Waals surface area contributed by atoms with E-state index in [-0.39, 0.29) is 0 Å². The van der Waals surface area contributed by atoms with Gasteiger partial charge in [0.2, 0.25) is 5.67 Å². The highest BCUT2D eigenvalue weighted by Gasteiger charge is 3.00. The van der Waals surface area contributed by atoms with Crippen molar-refractivity contribution in [1.29, 1.82) is 0 Å². The van der Waals surface area contributed by atoms with Crippen LogP contribution in [0.5, 0.6) is 0 Å². The lowest BCUT2D eigenvalue weighted by Crippen LogP contribution is -2.83. The Morgan fingerprint density at radius 3 is 1.13 bits per heavy atom. The average Bonchev–Trinajstić information content (AvgIpc) is 2.32. The summed E-state index contributed by atoms with van der Waals surface area (Å²) in [6.45, 7) is 1.53. The first-order valence-corrected chi connectivity index (χ1v) is 6.01. The van der Waals surface area contributed by atoms with Crippen LogP contribution in [0.3, 0.4) is 0 Å². The van der Waals surface area contributed by atoms with Gasteiger partial charge in [0.15, 0.2) is 0 Å². The number of halogens is 11. The fourth-order valence-corrected chi connectivity index (χ4v) is 2.08. The Morgan fingerprint density at radius 2 is 0.870 bits per heavy atom. The van der Waals surface area contributed by atoms with E-state index >= 15 is 0 Å². The first-order valence-electron chi connectivity index (χ1n) is 6.01. The monoisotopic (exact) mass is 368 g/mol. The third-order valence-electron chi connectivity index (χ3n) is 3.65. The van der Waals surface area contributed by atoms with Crippen LogP contribution in [0, 0.1) is 0 Å². The minimum Gasteiger partial charge on any atom is -0.390 e. The molecule has 0 saturated heterocycles. The highest BCUT2D eigenvalue weighted by Crippen LogP contribution is 2.70. The predicted octanol–water partition coefficient (Wildman–Crippen LogP) is 4.44. The maximum atomic E-state index is 14.1. The van der Waals surface area contributed by atoms with Crippen molar-refractivity contribution in [1.82, 2.24) is 0 Å². The van der Waals surface area contributed by atoms with E-state index in [4.69, 9.17) is 0 Å². The smallest absolute Gasteiger partial charge is 0.384 e. The highest BCUT2D eigenvalue weighted by molar-refractivity contribution is 5.26. The average molecular weight is 368 g/mol. The topological polar surface area (TPSA) is 20.2 Å². The maximum absolute atomic E-state index is 14.1.